The van der Waals surface area contributed by atoms with Crippen molar-refractivity contribution >= 4 is 22.6 Å². The van der Waals surface area contributed by atoms with Gasteiger partial charge in [0.05, 0.1) is 22.3 Å². The van der Waals surface area contributed by atoms with Crippen LogP contribution in [0.1, 0.15) is 21.6 Å². The zero-order chi connectivity index (χ0) is 24.1. The molecular formula is C23H14F4N4O3. The Morgan fingerprint density at radius 2 is 1.88 bits per heavy atom. The molecule has 0 spiro atoms. The number of benzene rings is 2. The summed E-state index contributed by atoms with van der Waals surface area (Å²) >= 11 is 0. The molecular weight excluding hydrogens is 456 g/mol. The lowest BCUT2D eigenvalue weighted by atomic mass is 10.0. The summed E-state index contributed by atoms with van der Waals surface area (Å²) in [5.41, 5.74) is -1.98. The maximum Gasteiger partial charge on any atom is 0.341 e. The number of aromatic carboxylic acids is 1. The normalized spacial score (nSPS) is 13.2. The van der Waals surface area contributed by atoms with Gasteiger partial charge in [-0.15, -0.1) is 0 Å². The molecule has 1 N–H and O–H groups in total. The molecule has 0 atom stereocenters. The number of carbonyl (C=O) groups is 1. The summed E-state index contributed by atoms with van der Waals surface area (Å²) < 4.78 is 60.0. The van der Waals surface area contributed by atoms with Crippen molar-refractivity contribution in [3.63, 3.8) is 0 Å². The highest BCUT2D eigenvalue weighted by atomic mass is 19.1. The minimum absolute atomic E-state index is 0.0812. The van der Waals surface area contributed by atoms with E-state index in [9.17, 15) is 23.5 Å². The molecule has 3 heterocycles. The third-order valence-electron chi connectivity index (χ3n) is 5.73. The second-order valence-corrected chi connectivity index (χ2v) is 7.73. The number of nitrogens with zero attached hydrogens (tertiary/aromatic N) is 4. The van der Waals surface area contributed by atoms with Gasteiger partial charge >= 0.3 is 5.97 Å². The lowest BCUT2D eigenvalue weighted by Gasteiger charge is -2.30. The largest absolute Gasteiger partial charge is 0.477 e. The average Bonchev–Trinajstić information content (AvgIpc) is 2.80. The van der Waals surface area contributed by atoms with Crippen LogP contribution in [0, 0.1) is 23.3 Å². The molecule has 2 aromatic heterocycles. The van der Waals surface area contributed by atoms with E-state index in [1.807, 2.05) is 0 Å². The molecule has 0 unspecified atom stereocenters. The van der Waals surface area contributed by atoms with E-state index in [1.54, 1.807) is 0 Å². The highest BCUT2D eigenvalue weighted by molar-refractivity contribution is 5.94. The predicted molar refractivity (Wildman–Crippen MR) is 113 cm³/mol. The lowest BCUT2D eigenvalue weighted by molar-refractivity contribution is 0.0695. The first-order valence-corrected chi connectivity index (χ1v) is 10.0. The zero-order valence-corrected chi connectivity index (χ0v) is 17.2. The monoisotopic (exact) mass is 470 g/mol. The standard InChI is InChI=1S/C23H14F4N4O3/c24-12-1-2-18(15(25)5-12)31-9-14(23(33)34)22(32)13-6-16(26)21(19(27)20(13)31)30-4-3-17-11(8-30)7-28-10-29-17/h1-2,5-7,9-10H,3-4,8H2,(H,33,34). The number of hydrogen-bond acceptors (Lipinski definition) is 5. The van der Waals surface area contributed by atoms with Crippen LogP contribution in [0.2, 0.25) is 0 Å². The smallest absolute Gasteiger partial charge is 0.341 e. The number of rotatable bonds is 3. The van der Waals surface area contributed by atoms with E-state index < -0.39 is 62.5 Å². The van der Waals surface area contributed by atoms with E-state index in [-0.39, 0.29) is 13.1 Å². The van der Waals surface area contributed by atoms with E-state index in [0.717, 1.165) is 34.7 Å². The quantitative estimate of drug-likeness (QED) is 0.461. The van der Waals surface area contributed by atoms with Gasteiger partial charge in [-0.3, -0.25) is 4.79 Å². The Balaban J connectivity index is 1.80. The maximum atomic E-state index is 15.9. The van der Waals surface area contributed by atoms with Gasteiger partial charge in [-0.2, -0.15) is 0 Å². The Kier molecular flexibility index (Phi) is 5.03. The fourth-order valence-corrected chi connectivity index (χ4v) is 4.17. The van der Waals surface area contributed by atoms with Crippen LogP contribution in [0.25, 0.3) is 16.6 Å². The molecule has 34 heavy (non-hydrogen) atoms. The molecule has 0 aliphatic carbocycles. The third kappa shape index (κ3) is 3.36. The minimum atomic E-state index is -1.67. The summed E-state index contributed by atoms with van der Waals surface area (Å²) in [5, 5.41) is 8.83. The topological polar surface area (TPSA) is 88.3 Å². The van der Waals surface area contributed by atoms with Crippen molar-refractivity contribution in [2.45, 2.75) is 13.0 Å². The van der Waals surface area contributed by atoms with Crippen LogP contribution in [0.3, 0.4) is 0 Å². The maximum absolute atomic E-state index is 15.9. The number of fused-ring (bicyclic) bond motifs is 2. The molecule has 0 radical (unpaired) electrons. The van der Waals surface area contributed by atoms with Crippen LogP contribution in [-0.4, -0.2) is 32.2 Å². The highest BCUT2D eigenvalue weighted by Gasteiger charge is 2.28. The molecule has 11 heteroatoms. The van der Waals surface area contributed by atoms with Crippen molar-refractivity contribution in [2.24, 2.45) is 0 Å². The van der Waals surface area contributed by atoms with Crippen molar-refractivity contribution in [2.75, 3.05) is 11.4 Å². The fraction of sp³-hybridized carbons (Fsp3) is 0.130. The van der Waals surface area contributed by atoms with Crippen molar-refractivity contribution in [1.29, 1.82) is 0 Å². The Bertz CT molecular complexity index is 1550. The van der Waals surface area contributed by atoms with E-state index in [0.29, 0.717) is 18.1 Å². The van der Waals surface area contributed by atoms with E-state index >= 15 is 8.78 Å². The first kappa shape index (κ1) is 21.6. The average molecular weight is 470 g/mol. The van der Waals surface area contributed by atoms with E-state index in [1.165, 1.54) is 17.4 Å². The van der Waals surface area contributed by atoms with Gasteiger partial charge in [0, 0.05) is 43.5 Å². The van der Waals surface area contributed by atoms with Gasteiger partial charge in [0.1, 0.15) is 35.0 Å². The summed E-state index contributed by atoms with van der Waals surface area (Å²) in [6.07, 6.45) is 4.04. The number of carboxylic acid groups (broad SMARTS) is 1. The molecule has 0 saturated carbocycles. The molecule has 0 bridgehead atoms. The number of hydrogen-bond donors (Lipinski definition) is 1. The van der Waals surface area contributed by atoms with Crippen molar-refractivity contribution < 1.29 is 27.5 Å². The van der Waals surface area contributed by atoms with E-state index in [4.69, 9.17) is 0 Å². The number of pyridine rings is 1. The van der Waals surface area contributed by atoms with Crippen LogP contribution in [0.4, 0.5) is 23.2 Å². The lowest BCUT2D eigenvalue weighted by Crippen LogP contribution is -2.33. The van der Waals surface area contributed by atoms with Crippen molar-refractivity contribution in [3.8, 4) is 5.69 Å². The van der Waals surface area contributed by atoms with Crippen LogP contribution in [0.15, 0.2) is 47.8 Å². The summed E-state index contributed by atoms with van der Waals surface area (Å²) in [6.45, 7) is 0.281. The van der Waals surface area contributed by atoms with Gasteiger partial charge in [0.2, 0.25) is 5.43 Å². The van der Waals surface area contributed by atoms with Crippen molar-refractivity contribution in [3.05, 3.63) is 93.3 Å². The molecule has 1 aliphatic rings. The molecule has 2 aromatic carbocycles. The zero-order valence-electron chi connectivity index (χ0n) is 17.2. The molecule has 4 aromatic rings. The Labute approximate surface area is 188 Å². The molecule has 0 saturated heterocycles. The number of anilines is 1. The molecule has 1 aliphatic heterocycles. The molecule has 5 rings (SSSR count). The Morgan fingerprint density at radius 3 is 2.62 bits per heavy atom. The first-order valence-electron chi connectivity index (χ1n) is 10.0. The van der Waals surface area contributed by atoms with Crippen LogP contribution in [-0.2, 0) is 13.0 Å². The van der Waals surface area contributed by atoms with E-state index in [2.05, 4.69) is 9.97 Å². The van der Waals surface area contributed by atoms with Gasteiger partial charge < -0.3 is 14.6 Å². The second kappa shape index (κ2) is 7.94. The first-order chi connectivity index (χ1) is 16.3. The second-order valence-electron chi connectivity index (χ2n) is 7.73. The van der Waals surface area contributed by atoms with Gasteiger partial charge in [-0.25, -0.2) is 32.3 Å². The number of aromatic nitrogens is 3. The summed E-state index contributed by atoms with van der Waals surface area (Å²) in [4.78, 5) is 33.8. The fourth-order valence-electron chi connectivity index (χ4n) is 4.17. The SMILES string of the molecule is O=C(O)c1cn(-c2ccc(F)cc2F)c2c(F)c(N3CCc4ncncc4C3)c(F)cc2c1=O. The van der Waals surface area contributed by atoms with Gasteiger partial charge in [-0.05, 0) is 18.2 Å². The van der Waals surface area contributed by atoms with Gasteiger partial charge in [0.15, 0.2) is 5.82 Å². The minimum Gasteiger partial charge on any atom is -0.477 e. The third-order valence-corrected chi connectivity index (χ3v) is 5.73. The van der Waals surface area contributed by atoms with Gasteiger partial charge in [0.25, 0.3) is 0 Å². The van der Waals surface area contributed by atoms with Crippen LogP contribution >= 0.6 is 0 Å². The molecule has 172 valence electrons. The number of carboxylic acids is 1. The number of halogens is 4. The summed E-state index contributed by atoms with van der Waals surface area (Å²) in [5.74, 6) is -5.98. The Hall–Kier alpha value is -4.28. The molecule has 0 amide bonds. The Morgan fingerprint density at radius 1 is 1.09 bits per heavy atom. The summed E-state index contributed by atoms with van der Waals surface area (Å²) in [7, 11) is 0. The summed E-state index contributed by atoms with van der Waals surface area (Å²) in [6, 6.07) is 3.13. The predicted octanol–water partition coefficient (Wildman–Crippen LogP) is 3.60. The molecule has 7 nitrogen and oxygen atoms in total. The molecule has 0 fully saturated rings. The van der Waals surface area contributed by atoms with Crippen molar-refractivity contribution in [1.82, 2.24) is 14.5 Å². The highest BCUT2D eigenvalue weighted by Crippen LogP contribution is 2.34. The van der Waals surface area contributed by atoms with Crippen LogP contribution < -0.4 is 10.3 Å². The van der Waals surface area contributed by atoms with Crippen LogP contribution in [0.5, 0.6) is 0 Å². The van der Waals surface area contributed by atoms with Gasteiger partial charge in [-0.1, -0.05) is 0 Å².